The topological polar surface area (TPSA) is 61.9 Å². The number of amides is 1. The van der Waals surface area contributed by atoms with Gasteiger partial charge in [0, 0.05) is 31.1 Å². The minimum Gasteiger partial charge on any atom is -0.341 e. The molecule has 5 nitrogen and oxygen atoms in total. The Bertz CT molecular complexity index is 491. The van der Waals surface area contributed by atoms with Crippen LogP contribution in [0.15, 0.2) is 17.9 Å². The van der Waals surface area contributed by atoms with Crippen molar-refractivity contribution < 1.29 is 4.79 Å². The standard InChI is InChI=1S/C11H14N4OS/c1-8-10(17-7-12-8)3-4-15(2)11(16)9-5-13-14-6-9/h5-7H,3-4H2,1-2H3,(H,13,14). The van der Waals surface area contributed by atoms with Crippen LogP contribution in [0, 0.1) is 6.92 Å². The number of nitrogens with one attached hydrogen (secondary N) is 1. The molecule has 1 amide bonds. The van der Waals surface area contributed by atoms with E-state index in [1.54, 1.807) is 29.5 Å². The average molecular weight is 250 g/mol. The summed E-state index contributed by atoms with van der Waals surface area (Å²) in [5.74, 6) is -0.0130. The highest BCUT2D eigenvalue weighted by Crippen LogP contribution is 2.13. The Morgan fingerprint density at radius 3 is 3.00 bits per heavy atom. The summed E-state index contributed by atoms with van der Waals surface area (Å²) in [5, 5.41) is 6.41. The highest BCUT2D eigenvalue weighted by Gasteiger charge is 2.13. The fourth-order valence-corrected chi connectivity index (χ4v) is 2.30. The zero-order chi connectivity index (χ0) is 12.3. The summed E-state index contributed by atoms with van der Waals surface area (Å²) in [7, 11) is 1.80. The van der Waals surface area contributed by atoms with Gasteiger partial charge in [-0.2, -0.15) is 5.10 Å². The molecule has 90 valence electrons. The minimum atomic E-state index is -0.0130. The van der Waals surface area contributed by atoms with Crippen molar-refractivity contribution in [2.24, 2.45) is 0 Å². The molecule has 0 aromatic carbocycles. The van der Waals surface area contributed by atoms with E-state index < -0.39 is 0 Å². The van der Waals surface area contributed by atoms with Crippen LogP contribution in [0.1, 0.15) is 20.9 Å². The van der Waals surface area contributed by atoms with E-state index in [-0.39, 0.29) is 5.91 Å². The molecular weight excluding hydrogens is 236 g/mol. The van der Waals surface area contributed by atoms with Crippen LogP contribution in [-0.4, -0.2) is 39.6 Å². The Balaban J connectivity index is 1.92. The molecule has 0 saturated heterocycles. The van der Waals surface area contributed by atoms with Gasteiger partial charge in [0.05, 0.1) is 23.0 Å². The largest absolute Gasteiger partial charge is 0.341 e. The van der Waals surface area contributed by atoms with Gasteiger partial charge < -0.3 is 4.90 Å². The summed E-state index contributed by atoms with van der Waals surface area (Å²) in [4.78, 5) is 19.0. The molecule has 1 N–H and O–H groups in total. The lowest BCUT2D eigenvalue weighted by Crippen LogP contribution is -2.28. The van der Waals surface area contributed by atoms with Crippen LogP contribution < -0.4 is 0 Å². The van der Waals surface area contributed by atoms with E-state index in [4.69, 9.17) is 0 Å². The number of hydrogen-bond acceptors (Lipinski definition) is 4. The number of nitrogens with zero attached hydrogens (tertiary/aromatic N) is 3. The fourth-order valence-electron chi connectivity index (χ4n) is 1.53. The van der Waals surface area contributed by atoms with Gasteiger partial charge in [0.25, 0.3) is 5.91 Å². The zero-order valence-corrected chi connectivity index (χ0v) is 10.6. The van der Waals surface area contributed by atoms with Gasteiger partial charge in [0.15, 0.2) is 0 Å². The molecule has 17 heavy (non-hydrogen) atoms. The maximum absolute atomic E-state index is 11.9. The van der Waals surface area contributed by atoms with Crippen molar-refractivity contribution in [1.29, 1.82) is 0 Å². The van der Waals surface area contributed by atoms with Crippen molar-refractivity contribution in [3.05, 3.63) is 34.0 Å². The molecule has 2 heterocycles. The second-order valence-electron chi connectivity index (χ2n) is 3.82. The summed E-state index contributed by atoms with van der Waals surface area (Å²) < 4.78 is 0. The van der Waals surface area contributed by atoms with Gasteiger partial charge in [0.1, 0.15) is 0 Å². The van der Waals surface area contributed by atoms with Crippen molar-refractivity contribution in [3.8, 4) is 0 Å². The highest BCUT2D eigenvalue weighted by molar-refractivity contribution is 7.09. The molecule has 0 aliphatic carbocycles. The Labute approximate surface area is 103 Å². The third kappa shape index (κ3) is 2.71. The molecule has 0 atom stereocenters. The molecule has 0 unspecified atom stereocenters. The highest BCUT2D eigenvalue weighted by atomic mass is 32.1. The third-order valence-corrected chi connectivity index (χ3v) is 3.61. The van der Waals surface area contributed by atoms with Crippen LogP contribution in [0.4, 0.5) is 0 Å². The number of aryl methyl sites for hydroxylation is 1. The smallest absolute Gasteiger partial charge is 0.256 e. The summed E-state index contributed by atoms with van der Waals surface area (Å²) >= 11 is 1.63. The number of carbonyl (C=O) groups excluding carboxylic acids is 1. The Morgan fingerprint density at radius 2 is 2.41 bits per heavy atom. The third-order valence-electron chi connectivity index (χ3n) is 2.61. The average Bonchev–Trinajstić information content (AvgIpc) is 2.96. The Hall–Kier alpha value is -1.69. The van der Waals surface area contributed by atoms with Crippen molar-refractivity contribution in [2.45, 2.75) is 13.3 Å². The summed E-state index contributed by atoms with van der Waals surface area (Å²) in [5.41, 5.74) is 3.48. The molecule has 0 aliphatic heterocycles. The van der Waals surface area contributed by atoms with E-state index >= 15 is 0 Å². The molecule has 0 saturated carbocycles. The van der Waals surface area contributed by atoms with E-state index in [9.17, 15) is 4.79 Å². The number of aromatic amines is 1. The molecule has 2 rings (SSSR count). The molecule has 6 heteroatoms. The van der Waals surface area contributed by atoms with Gasteiger partial charge >= 0.3 is 0 Å². The van der Waals surface area contributed by atoms with Gasteiger partial charge in [-0.3, -0.25) is 9.89 Å². The first-order valence-corrected chi connectivity index (χ1v) is 6.19. The predicted octanol–water partition coefficient (Wildman–Crippen LogP) is 1.49. The summed E-state index contributed by atoms with van der Waals surface area (Å²) in [6.07, 6.45) is 3.99. The lowest BCUT2D eigenvalue weighted by molar-refractivity contribution is 0.0797. The maximum atomic E-state index is 11.9. The van der Waals surface area contributed by atoms with E-state index in [1.807, 2.05) is 12.4 Å². The molecule has 2 aromatic heterocycles. The summed E-state index contributed by atoms with van der Waals surface area (Å²) in [6.45, 7) is 2.68. The van der Waals surface area contributed by atoms with Crippen LogP contribution in [0.25, 0.3) is 0 Å². The van der Waals surface area contributed by atoms with E-state index in [1.165, 1.54) is 11.1 Å². The second kappa shape index (κ2) is 5.09. The number of hydrogen-bond donors (Lipinski definition) is 1. The number of rotatable bonds is 4. The van der Waals surface area contributed by atoms with Gasteiger partial charge in [-0.25, -0.2) is 4.98 Å². The Kier molecular flexibility index (Phi) is 3.53. The molecule has 0 aliphatic rings. The minimum absolute atomic E-state index is 0.0130. The van der Waals surface area contributed by atoms with Crippen LogP contribution in [0.3, 0.4) is 0 Å². The predicted molar refractivity (Wildman–Crippen MR) is 66.1 cm³/mol. The number of carbonyl (C=O) groups is 1. The molecule has 2 aromatic rings. The molecule has 0 fully saturated rings. The van der Waals surface area contributed by atoms with Crippen LogP contribution in [-0.2, 0) is 6.42 Å². The van der Waals surface area contributed by atoms with Gasteiger partial charge in [-0.15, -0.1) is 11.3 Å². The van der Waals surface area contributed by atoms with Crippen LogP contribution >= 0.6 is 11.3 Å². The number of thiazole rings is 1. The van der Waals surface area contributed by atoms with E-state index in [0.717, 1.165) is 12.1 Å². The Morgan fingerprint density at radius 1 is 1.59 bits per heavy atom. The molecule has 0 radical (unpaired) electrons. The fraction of sp³-hybridized carbons (Fsp3) is 0.364. The van der Waals surface area contributed by atoms with Crippen LogP contribution in [0.2, 0.25) is 0 Å². The van der Waals surface area contributed by atoms with Crippen molar-refractivity contribution in [3.63, 3.8) is 0 Å². The first-order valence-electron chi connectivity index (χ1n) is 5.31. The number of H-pyrrole nitrogens is 1. The van der Waals surface area contributed by atoms with Gasteiger partial charge in [-0.05, 0) is 6.92 Å². The quantitative estimate of drug-likeness (QED) is 0.894. The lowest BCUT2D eigenvalue weighted by atomic mass is 10.2. The molecule has 0 bridgehead atoms. The number of likely N-dealkylation sites (N-methyl/N-ethyl adjacent to an activating group) is 1. The SMILES string of the molecule is Cc1ncsc1CCN(C)C(=O)c1cn[nH]c1. The zero-order valence-electron chi connectivity index (χ0n) is 9.80. The first kappa shape index (κ1) is 11.8. The lowest BCUT2D eigenvalue weighted by Gasteiger charge is -2.15. The van der Waals surface area contributed by atoms with E-state index in [2.05, 4.69) is 15.2 Å². The van der Waals surface area contributed by atoms with Crippen molar-refractivity contribution in [2.75, 3.05) is 13.6 Å². The van der Waals surface area contributed by atoms with E-state index in [0.29, 0.717) is 12.1 Å². The van der Waals surface area contributed by atoms with Gasteiger partial charge in [0.2, 0.25) is 0 Å². The molecular formula is C11H14N4OS. The monoisotopic (exact) mass is 250 g/mol. The van der Waals surface area contributed by atoms with Crippen LogP contribution in [0.5, 0.6) is 0 Å². The van der Waals surface area contributed by atoms with Gasteiger partial charge in [-0.1, -0.05) is 0 Å². The summed E-state index contributed by atoms with van der Waals surface area (Å²) in [6, 6.07) is 0. The normalized spacial score (nSPS) is 10.5. The first-order chi connectivity index (χ1) is 8.18. The molecule has 0 spiro atoms. The second-order valence-corrected chi connectivity index (χ2v) is 4.76. The van der Waals surface area contributed by atoms with Crippen molar-refractivity contribution >= 4 is 17.2 Å². The number of aromatic nitrogens is 3. The maximum Gasteiger partial charge on any atom is 0.256 e. The van der Waals surface area contributed by atoms with Crippen molar-refractivity contribution in [1.82, 2.24) is 20.1 Å².